The minimum absolute atomic E-state index is 0.112. The van der Waals surface area contributed by atoms with Crippen molar-refractivity contribution in [1.29, 1.82) is 0 Å². The van der Waals surface area contributed by atoms with Crippen molar-refractivity contribution in [1.82, 2.24) is 14.9 Å². The molecule has 1 aliphatic carbocycles. The van der Waals surface area contributed by atoms with Gasteiger partial charge in [-0.15, -0.1) is 0 Å². The van der Waals surface area contributed by atoms with E-state index in [1.165, 1.54) is 0 Å². The Bertz CT molecular complexity index is 426. The molecular formula is C13H22N4O2. The summed E-state index contributed by atoms with van der Waals surface area (Å²) in [5.74, 6) is -0.112. The quantitative estimate of drug-likeness (QED) is 0.713. The smallest absolute Gasteiger partial charge is 0.271 e. The third-order valence-electron chi connectivity index (χ3n) is 3.67. The van der Waals surface area contributed by atoms with Gasteiger partial charge in [0.1, 0.15) is 5.69 Å². The predicted octanol–water partition coefficient (Wildman–Crippen LogP) is 0.388. The fourth-order valence-corrected chi connectivity index (χ4v) is 2.12. The van der Waals surface area contributed by atoms with Crippen molar-refractivity contribution in [3.8, 4) is 0 Å². The van der Waals surface area contributed by atoms with E-state index in [1.807, 2.05) is 4.57 Å². The van der Waals surface area contributed by atoms with Gasteiger partial charge in [0.15, 0.2) is 0 Å². The second-order valence-electron chi connectivity index (χ2n) is 5.21. The fourth-order valence-electron chi connectivity index (χ4n) is 2.12. The first kappa shape index (κ1) is 14.0. The van der Waals surface area contributed by atoms with E-state index in [9.17, 15) is 4.79 Å². The van der Waals surface area contributed by atoms with Crippen LogP contribution in [0.2, 0.25) is 0 Å². The summed E-state index contributed by atoms with van der Waals surface area (Å²) in [7, 11) is 1.71. The molecule has 1 amide bonds. The van der Waals surface area contributed by atoms with Gasteiger partial charge in [-0.3, -0.25) is 4.79 Å². The maximum absolute atomic E-state index is 12.0. The standard InChI is InChI=1S/C13H22N4O2/c1-19-7-4-13(2-3-13)9-15-12(18)11-8-17(6-5-14)10-16-11/h8,10H,2-7,9,14H2,1H3,(H,15,18). The van der Waals surface area contributed by atoms with Crippen molar-refractivity contribution in [2.45, 2.75) is 25.8 Å². The van der Waals surface area contributed by atoms with Crippen molar-refractivity contribution in [2.75, 3.05) is 26.8 Å². The Hall–Kier alpha value is -1.40. The number of amides is 1. The molecule has 0 saturated heterocycles. The average Bonchev–Trinajstić information content (AvgIpc) is 3.04. The van der Waals surface area contributed by atoms with Crippen LogP contribution in [0.4, 0.5) is 0 Å². The molecule has 0 spiro atoms. The maximum Gasteiger partial charge on any atom is 0.271 e. The molecule has 0 radical (unpaired) electrons. The Kier molecular flexibility index (Phi) is 4.55. The third kappa shape index (κ3) is 3.78. The summed E-state index contributed by atoms with van der Waals surface area (Å²) in [6, 6.07) is 0. The number of nitrogens with two attached hydrogens (primary N) is 1. The highest BCUT2D eigenvalue weighted by atomic mass is 16.5. The van der Waals surface area contributed by atoms with E-state index in [0.717, 1.165) is 25.9 Å². The van der Waals surface area contributed by atoms with Crippen LogP contribution >= 0.6 is 0 Å². The van der Waals surface area contributed by atoms with Crippen LogP contribution in [0.5, 0.6) is 0 Å². The highest BCUT2D eigenvalue weighted by Crippen LogP contribution is 2.48. The van der Waals surface area contributed by atoms with Gasteiger partial charge in [-0.25, -0.2) is 4.98 Å². The molecule has 0 atom stereocenters. The van der Waals surface area contributed by atoms with Crippen molar-refractivity contribution < 1.29 is 9.53 Å². The normalized spacial score (nSPS) is 16.3. The molecule has 0 aliphatic heterocycles. The minimum Gasteiger partial charge on any atom is -0.385 e. The number of hydrogen-bond donors (Lipinski definition) is 2. The number of carbonyl (C=O) groups is 1. The monoisotopic (exact) mass is 266 g/mol. The van der Waals surface area contributed by atoms with Gasteiger partial charge in [0.2, 0.25) is 0 Å². The van der Waals surface area contributed by atoms with Crippen molar-refractivity contribution in [2.24, 2.45) is 11.1 Å². The zero-order chi connectivity index (χ0) is 13.7. The lowest BCUT2D eigenvalue weighted by atomic mass is 10.0. The average molecular weight is 266 g/mol. The summed E-state index contributed by atoms with van der Waals surface area (Å²) >= 11 is 0. The van der Waals surface area contributed by atoms with Crippen molar-refractivity contribution >= 4 is 5.91 Å². The van der Waals surface area contributed by atoms with E-state index in [4.69, 9.17) is 10.5 Å². The topological polar surface area (TPSA) is 82.2 Å². The lowest BCUT2D eigenvalue weighted by molar-refractivity contribution is 0.0933. The summed E-state index contributed by atoms with van der Waals surface area (Å²) in [6.45, 7) is 2.68. The molecule has 0 aromatic carbocycles. The van der Waals surface area contributed by atoms with E-state index < -0.39 is 0 Å². The van der Waals surface area contributed by atoms with Crippen molar-refractivity contribution in [3.63, 3.8) is 0 Å². The Morgan fingerprint density at radius 3 is 3.05 bits per heavy atom. The van der Waals surface area contributed by atoms with E-state index in [2.05, 4.69) is 10.3 Å². The summed E-state index contributed by atoms with van der Waals surface area (Å²) in [6.07, 6.45) is 6.71. The first-order valence-electron chi connectivity index (χ1n) is 6.68. The molecule has 2 rings (SSSR count). The molecule has 6 heteroatoms. The molecule has 19 heavy (non-hydrogen) atoms. The number of rotatable bonds is 8. The molecule has 6 nitrogen and oxygen atoms in total. The highest BCUT2D eigenvalue weighted by Gasteiger charge is 2.42. The van der Waals surface area contributed by atoms with Crippen LogP contribution in [-0.4, -0.2) is 42.3 Å². The fraction of sp³-hybridized carbons (Fsp3) is 0.692. The van der Waals surface area contributed by atoms with E-state index in [0.29, 0.717) is 25.3 Å². The molecule has 1 saturated carbocycles. The summed E-state index contributed by atoms with van der Waals surface area (Å²) < 4.78 is 6.93. The first-order valence-corrected chi connectivity index (χ1v) is 6.68. The highest BCUT2D eigenvalue weighted by molar-refractivity contribution is 5.92. The zero-order valence-electron chi connectivity index (χ0n) is 11.4. The summed E-state index contributed by atoms with van der Waals surface area (Å²) in [5.41, 5.74) is 6.17. The summed E-state index contributed by atoms with van der Waals surface area (Å²) in [5, 5.41) is 2.96. The number of ether oxygens (including phenoxy) is 1. The molecule has 1 aliphatic rings. The SMILES string of the molecule is COCCC1(CNC(=O)c2cn(CCN)cn2)CC1. The minimum atomic E-state index is -0.112. The zero-order valence-corrected chi connectivity index (χ0v) is 11.4. The lowest BCUT2D eigenvalue weighted by Gasteiger charge is -2.14. The molecule has 1 fully saturated rings. The molecule has 1 heterocycles. The number of carbonyl (C=O) groups excluding carboxylic acids is 1. The Morgan fingerprint density at radius 1 is 1.63 bits per heavy atom. The van der Waals surface area contributed by atoms with Crippen molar-refractivity contribution in [3.05, 3.63) is 18.2 Å². The van der Waals surface area contributed by atoms with Crippen LogP contribution in [-0.2, 0) is 11.3 Å². The molecular weight excluding hydrogens is 244 g/mol. The number of hydrogen-bond acceptors (Lipinski definition) is 4. The summed E-state index contributed by atoms with van der Waals surface area (Å²) in [4.78, 5) is 16.0. The largest absolute Gasteiger partial charge is 0.385 e. The second-order valence-corrected chi connectivity index (χ2v) is 5.21. The maximum atomic E-state index is 12.0. The third-order valence-corrected chi connectivity index (χ3v) is 3.67. The number of methoxy groups -OCH3 is 1. The van der Waals surface area contributed by atoms with Gasteiger partial charge in [-0.1, -0.05) is 0 Å². The van der Waals surface area contributed by atoms with Crippen LogP contribution in [0, 0.1) is 5.41 Å². The van der Waals surface area contributed by atoms with E-state index in [1.54, 1.807) is 19.6 Å². The number of aromatic nitrogens is 2. The van der Waals surface area contributed by atoms with Crippen LogP contribution in [0.1, 0.15) is 29.8 Å². The molecule has 1 aromatic heterocycles. The van der Waals surface area contributed by atoms with Gasteiger partial charge in [0.25, 0.3) is 5.91 Å². The lowest BCUT2D eigenvalue weighted by Crippen LogP contribution is -2.31. The Balaban J connectivity index is 1.80. The van der Waals surface area contributed by atoms with Crippen LogP contribution < -0.4 is 11.1 Å². The van der Waals surface area contributed by atoms with Gasteiger partial charge < -0.3 is 20.4 Å². The van der Waals surface area contributed by atoms with Crippen LogP contribution in [0.3, 0.4) is 0 Å². The van der Waals surface area contributed by atoms with Gasteiger partial charge in [-0.05, 0) is 24.7 Å². The Morgan fingerprint density at radius 2 is 2.42 bits per heavy atom. The van der Waals surface area contributed by atoms with Gasteiger partial charge >= 0.3 is 0 Å². The number of imidazole rings is 1. The first-order chi connectivity index (χ1) is 9.19. The Labute approximate surface area is 113 Å². The second kappa shape index (κ2) is 6.16. The number of nitrogens with zero attached hydrogens (tertiary/aromatic N) is 2. The molecule has 0 unspecified atom stereocenters. The molecule has 0 bridgehead atoms. The molecule has 1 aromatic rings. The number of nitrogens with one attached hydrogen (secondary N) is 1. The predicted molar refractivity (Wildman–Crippen MR) is 71.8 cm³/mol. The molecule has 3 N–H and O–H groups in total. The van der Waals surface area contributed by atoms with Gasteiger partial charge in [0.05, 0.1) is 6.33 Å². The van der Waals surface area contributed by atoms with Gasteiger partial charge in [0, 0.05) is 39.5 Å². The van der Waals surface area contributed by atoms with Crippen LogP contribution in [0.15, 0.2) is 12.5 Å². The van der Waals surface area contributed by atoms with Gasteiger partial charge in [-0.2, -0.15) is 0 Å². The van der Waals surface area contributed by atoms with Crippen LogP contribution in [0.25, 0.3) is 0 Å². The van der Waals surface area contributed by atoms with E-state index in [-0.39, 0.29) is 11.3 Å². The van der Waals surface area contributed by atoms with E-state index >= 15 is 0 Å². The molecule has 106 valence electrons.